The van der Waals surface area contributed by atoms with Crippen LogP contribution in [0, 0.1) is 0 Å². The van der Waals surface area contributed by atoms with Crippen LogP contribution in [0.15, 0.2) is 42.5 Å². The van der Waals surface area contributed by atoms with E-state index in [4.69, 9.17) is 11.6 Å². The summed E-state index contributed by atoms with van der Waals surface area (Å²) < 4.78 is 0. The Hall–Kier alpha value is -2.17. The molecule has 1 heterocycles. The van der Waals surface area contributed by atoms with Gasteiger partial charge in [-0.3, -0.25) is 14.5 Å². The lowest BCUT2D eigenvalue weighted by atomic mass is 10.0. The fraction of sp³-hybridized carbons (Fsp3) is 0.300. The Labute approximate surface area is 153 Å². The van der Waals surface area contributed by atoms with Gasteiger partial charge in [0.25, 0.3) is 5.78 Å². The second-order valence-corrected chi connectivity index (χ2v) is 7.35. The molecule has 2 aromatic rings. The molecule has 1 N–H and O–H groups in total. The number of benzene rings is 2. The Kier molecular flexibility index (Phi) is 4.93. The van der Waals surface area contributed by atoms with E-state index >= 15 is 0 Å². The van der Waals surface area contributed by atoms with Crippen LogP contribution in [-0.2, 0) is 11.3 Å². The first-order valence-corrected chi connectivity index (χ1v) is 8.80. The molecule has 1 aliphatic heterocycles. The molecule has 0 saturated carbocycles. The molecule has 2 aromatic carbocycles. The van der Waals surface area contributed by atoms with Gasteiger partial charge in [0, 0.05) is 10.6 Å². The summed E-state index contributed by atoms with van der Waals surface area (Å²) in [6, 6.07) is 13.6. The summed E-state index contributed by atoms with van der Waals surface area (Å²) in [5, 5.41) is 0.465. The molecule has 1 unspecified atom stereocenters. The zero-order chi connectivity index (χ0) is 18.1. The Bertz CT molecular complexity index is 815. The quantitative estimate of drug-likeness (QED) is 0.836. The first-order valence-electron chi connectivity index (χ1n) is 8.42. The first kappa shape index (κ1) is 17.6. The van der Waals surface area contributed by atoms with E-state index in [-0.39, 0.29) is 0 Å². The predicted octanol–water partition coefficient (Wildman–Crippen LogP) is 2.67. The zero-order valence-electron chi connectivity index (χ0n) is 14.7. The van der Waals surface area contributed by atoms with E-state index in [1.54, 1.807) is 23.1 Å². The van der Waals surface area contributed by atoms with E-state index in [1.807, 2.05) is 7.05 Å². The minimum absolute atomic E-state index is 0.395. The van der Waals surface area contributed by atoms with Crippen molar-refractivity contribution in [2.75, 3.05) is 18.6 Å². The molecule has 0 spiro atoms. The van der Waals surface area contributed by atoms with Crippen LogP contribution in [-0.4, -0.2) is 25.4 Å². The highest BCUT2D eigenvalue weighted by atomic mass is 35.5. The zero-order valence-corrected chi connectivity index (χ0v) is 15.4. The minimum atomic E-state index is -0.480. The summed E-state index contributed by atoms with van der Waals surface area (Å²) in [7, 11) is 2.02. The van der Waals surface area contributed by atoms with Gasteiger partial charge in [-0.25, -0.2) is 0 Å². The molecule has 0 bridgehead atoms. The molecular formula is C20H22ClN2O2+. The van der Waals surface area contributed by atoms with Gasteiger partial charge in [-0.2, -0.15) is 0 Å². The SMILES string of the molecule is CC(C)c1ccc(C[NH+](C)CN2C(=O)C(=O)c3cc(Cl)ccc32)cc1. The van der Waals surface area contributed by atoms with E-state index in [0.717, 1.165) is 11.4 Å². The molecule has 25 heavy (non-hydrogen) atoms. The topological polar surface area (TPSA) is 41.8 Å². The molecule has 1 atom stereocenters. The number of halogens is 1. The molecule has 130 valence electrons. The highest BCUT2D eigenvalue weighted by Crippen LogP contribution is 2.30. The van der Waals surface area contributed by atoms with Gasteiger partial charge in [0.2, 0.25) is 0 Å². The Morgan fingerprint density at radius 1 is 1.08 bits per heavy atom. The minimum Gasteiger partial charge on any atom is -0.316 e. The monoisotopic (exact) mass is 357 g/mol. The number of fused-ring (bicyclic) bond motifs is 1. The number of carbonyl (C=O) groups excluding carboxylic acids is 2. The summed E-state index contributed by atoms with van der Waals surface area (Å²) in [4.78, 5) is 27.1. The van der Waals surface area contributed by atoms with Crippen LogP contribution in [0.2, 0.25) is 5.02 Å². The standard InChI is InChI=1S/C20H21ClN2O2/c1-13(2)15-6-4-14(5-7-15)11-22(3)12-23-18-9-8-16(21)10-17(18)19(24)20(23)25/h4-10,13H,11-12H2,1-3H3/p+1. The molecule has 0 aromatic heterocycles. The molecule has 1 amide bonds. The smallest absolute Gasteiger partial charge is 0.303 e. The lowest BCUT2D eigenvalue weighted by Crippen LogP contribution is -3.09. The van der Waals surface area contributed by atoms with Gasteiger partial charge in [0.15, 0.2) is 6.67 Å². The fourth-order valence-electron chi connectivity index (χ4n) is 3.12. The van der Waals surface area contributed by atoms with Gasteiger partial charge < -0.3 is 4.90 Å². The molecule has 0 fully saturated rings. The molecule has 0 radical (unpaired) electrons. The maximum atomic E-state index is 12.3. The normalized spacial score (nSPS) is 15.0. The number of rotatable bonds is 5. The largest absolute Gasteiger partial charge is 0.316 e. The van der Waals surface area contributed by atoms with Crippen molar-refractivity contribution >= 4 is 29.0 Å². The summed E-state index contributed by atoms with van der Waals surface area (Å²) in [6.45, 7) is 5.56. The first-order chi connectivity index (χ1) is 11.9. The van der Waals surface area contributed by atoms with E-state index in [0.29, 0.717) is 28.9 Å². The van der Waals surface area contributed by atoms with Crippen LogP contribution in [0.5, 0.6) is 0 Å². The lowest BCUT2D eigenvalue weighted by molar-refractivity contribution is -0.892. The van der Waals surface area contributed by atoms with Crippen molar-refractivity contribution in [3.8, 4) is 0 Å². The van der Waals surface area contributed by atoms with Crippen molar-refractivity contribution in [1.82, 2.24) is 0 Å². The van der Waals surface area contributed by atoms with E-state index < -0.39 is 11.7 Å². The molecule has 0 saturated heterocycles. The number of nitrogens with zero attached hydrogens (tertiary/aromatic N) is 1. The highest BCUT2D eigenvalue weighted by Gasteiger charge is 2.37. The number of carbonyl (C=O) groups is 2. The average molecular weight is 358 g/mol. The van der Waals surface area contributed by atoms with Gasteiger partial charge in [0.05, 0.1) is 18.3 Å². The second-order valence-electron chi connectivity index (χ2n) is 6.91. The summed E-state index contributed by atoms with van der Waals surface area (Å²) in [5.41, 5.74) is 3.56. The number of Topliss-reactive ketones (excluding diaryl/α,β-unsaturated/α-hetero) is 1. The van der Waals surface area contributed by atoms with E-state index in [2.05, 4.69) is 38.1 Å². The molecule has 5 heteroatoms. The summed E-state index contributed by atoms with van der Waals surface area (Å²) in [5.74, 6) is -0.450. The molecule has 1 aliphatic rings. The third-order valence-electron chi connectivity index (χ3n) is 4.51. The third-order valence-corrected chi connectivity index (χ3v) is 4.75. The Morgan fingerprint density at radius 2 is 1.76 bits per heavy atom. The molecular weight excluding hydrogens is 336 g/mol. The van der Waals surface area contributed by atoms with Crippen LogP contribution in [0.25, 0.3) is 0 Å². The molecule has 3 rings (SSSR count). The van der Waals surface area contributed by atoms with Crippen LogP contribution in [0.3, 0.4) is 0 Å². The number of nitrogens with one attached hydrogen (secondary N) is 1. The van der Waals surface area contributed by atoms with Crippen molar-refractivity contribution in [2.45, 2.75) is 26.3 Å². The predicted molar refractivity (Wildman–Crippen MR) is 99.3 cm³/mol. The van der Waals surface area contributed by atoms with Gasteiger partial charge in [0.1, 0.15) is 6.54 Å². The number of hydrogen-bond donors (Lipinski definition) is 1. The van der Waals surface area contributed by atoms with Crippen LogP contribution in [0.1, 0.15) is 41.3 Å². The number of anilines is 1. The van der Waals surface area contributed by atoms with E-state index in [1.165, 1.54) is 11.1 Å². The van der Waals surface area contributed by atoms with Gasteiger partial charge in [-0.05, 0) is 29.7 Å². The number of quaternary nitrogens is 1. The lowest BCUT2D eigenvalue weighted by Gasteiger charge is -2.22. The maximum absolute atomic E-state index is 12.3. The summed E-state index contributed by atoms with van der Waals surface area (Å²) in [6.07, 6.45) is 0. The second kappa shape index (κ2) is 6.98. The number of hydrogen-bond acceptors (Lipinski definition) is 2. The van der Waals surface area contributed by atoms with Gasteiger partial charge in [-0.15, -0.1) is 0 Å². The third kappa shape index (κ3) is 3.60. The van der Waals surface area contributed by atoms with Crippen LogP contribution < -0.4 is 9.80 Å². The highest BCUT2D eigenvalue weighted by molar-refractivity contribution is 6.52. The Balaban J connectivity index is 1.72. The van der Waals surface area contributed by atoms with E-state index in [9.17, 15) is 9.59 Å². The van der Waals surface area contributed by atoms with Crippen LogP contribution >= 0.6 is 11.6 Å². The summed E-state index contributed by atoms with van der Waals surface area (Å²) >= 11 is 5.94. The average Bonchev–Trinajstić information content (AvgIpc) is 2.80. The van der Waals surface area contributed by atoms with Crippen molar-refractivity contribution in [3.63, 3.8) is 0 Å². The van der Waals surface area contributed by atoms with Crippen LogP contribution in [0.4, 0.5) is 5.69 Å². The maximum Gasteiger partial charge on any atom is 0.303 e. The fourth-order valence-corrected chi connectivity index (χ4v) is 3.30. The van der Waals surface area contributed by atoms with Gasteiger partial charge >= 0.3 is 5.91 Å². The molecule has 0 aliphatic carbocycles. The van der Waals surface area contributed by atoms with Crippen molar-refractivity contribution in [2.24, 2.45) is 0 Å². The molecule has 4 nitrogen and oxygen atoms in total. The Morgan fingerprint density at radius 3 is 2.40 bits per heavy atom. The van der Waals surface area contributed by atoms with Crippen molar-refractivity contribution in [1.29, 1.82) is 0 Å². The van der Waals surface area contributed by atoms with Crippen molar-refractivity contribution < 1.29 is 14.5 Å². The number of amides is 1. The van der Waals surface area contributed by atoms with Gasteiger partial charge in [-0.1, -0.05) is 49.7 Å². The number of ketones is 1. The van der Waals surface area contributed by atoms with Crippen molar-refractivity contribution in [3.05, 3.63) is 64.2 Å².